The third kappa shape index (κ3) is 2.43. The summed E-state index contributed by atoms with van der Waals surface area (Å²) < 4.78 is 0. The Labute approximate surface area is 121 Å². The second-order valence-electron chi connectivity index (χ2n) is 3.65. The summed E-state index contributed by atoms with van der Waals surface area (Å²) in [4.78, 5) is 14.3. The van der Waals surface area contributed by atoms with Crippen LogP contribution in [0.2, 0.25) is 0 Å². The number of nitrogen functional groups attached to an aromatic ring is 1. The molecule has 0 aliphatic carbocycles. The number of hydrogen-bond acceptors (Lipinski definition) is 5. The van der Waals surface area contributed by atoms with Gasteiger partial charge >= 0.3 is 29.6 Å². The molecule has 1 aromatic rings. The van der Waals surface area contributed by atoms with Crippen LogP contribution in [0.25, 0.3) is 0 Å². The van der Waals surface area contributed by atoms with E-state index in [0.717, 1.165) is 36.5 Å². The van der Waals surface area contributed by atoms with E-state index in [4.69, 9.17) is 5.73 Å². The van der Waals surface area contributed by atoms with Crippen LogP contribution < -0.4 is 40.4 Å². The number of fused-ring (bicyclic) bond motifs is 1. The molecule has 0 spiro atoms. The first-order valence-electron chi connectivity index (χ1n) is 4.97. The van der Waals surface area contributed by atoms with Gasteiger partial charge in [-0.2, -0.15) is 0 Å². The van der Waals surface area contributed by atoms with Gasteiger partial charge in [-0.3, -0.25) is 4.90 Å². The Kier molecular flexibility index (Phi) is 4.82. The Balaban J connectivity index is 0.00000128. The average molecular weight is 248 g/mol. The molecule has 4 nitrogen and oxygen atoms in total. The third-order valence-corrected chi connectivity index (χ3v) is 3.86. The number of hydrogen-bond donors (Lipinski definition) is 1. The summed E-state index contributed by atoms with van der Waals surface area (Å²) in [6, 6.07) is 0. The maximum absolute atomic E-state index is 10.9. The smallest absolute Gasteiger partial charge is 0.545 e. The van der Waals surface area contributed by atoms with Crippen molar-refractivity contribution in [2.75, 3.05) is 18.8 Å². The SMILES string of the molecule is CCN1CCc2c(sc(N)c2C(=O)[O-])C1.[Na+]. The van der Waals surface area contributed by atoms with E-state index in [1.807, 2.05) is 0 Å². The van der Waals surface area contributed by atoms with E-state index in [1.165, 1.54) is 11.3 Å². The molecular weight excluding hydrogens is 235 g/mol. The van der Waals surface area contributed by atoms with E-state index in [0.29, 0.717) is 5.00 Å². The summed E-state index contributed by atoms with van der Waals surface area (Å²) in [7, 11) is 0. The van der Waals surface area contributed by atoms with Gasteiger partial charge in [0.2, 0.25) is 0 Å². The molecule has 0 fully saturated rings. The van der Waals surface area contributed by atoms with E-state index in [-0.39, 0.29) is 35.1 Å². The summed E-state index contributed by atoms with van der Waals surface area (Å²) in [6.07, 6.45) is 0.764. The summed E-state index contributed by atoms with van der Waals surface area (Å²) in [5.74, 6) is -1.14. The Morgan fingerprint density at radius 2 is 2.31 bits per heavy atom. The first-order valence-corrected chi connectivity index (χ1v) is 5.78. The maximum Gasteiger partial charge on any atom is 1.00 e. The predicted molar refractivity (Wildman–Crippen MR) is 57.7 cm³/mol. The van der Waals surface area contributed by atoms with Crippen molar-refractivity contribution in [1.29, 1.82) is 0 Å². The number of aromatic carboxylic acids is 1. The van der Waals surface area contributed by atoms with Crippen molar-refractivity contribution >= 4 is 22.3 Å². The minimum absolute atomic E-state index is 0. The second kappa shape index (κ2) is 5.51. The first-order chi connectivity index (χ1) is 7.13. The normalized spacial score (nSPS) is 15.3. The molecule has 0 aromatic carbocycles. The number of carbonyl (C=O) groups excluding carboxylic acids is 1. The number of thiophene rings is 1. The van der Waals surface area contributed by atoms with Gasteiger partial charge in [-0.25, -0.2) is 0 Å². The number of likely N-dealkylation sites (N-methyl/N-ethyl adjacent to an activating group) is 1. The molecule has 2 heterocycles. The Hall–Kier alpha value is -0.0700. The second-order valence-corrected chi connectivity index (χ2v) is 4.79. The zero-order valence-electron chi connectivity index (χ0n) is 9.58. The van der Waals surface area contributed by atoms with E-state index in [1.54, 1.807) is 0 Å². The molecule has 0 saturated heterocycles. The Morgan fingerprint density at radius 3 is 2.88 bits per heavy atom. The monoisotopic (exact) mass is 248 g/mol. The molecule has 0 amide bonds. The van der Waals surface area contributed by atoms with Crippen molar-refractivity contribution in [3.8, 4) is 0 Å². The number of rotatable bonds is 2. The number of carboxylic acid groups (broad SMARTS) is 1. The summed E-state index contributed by atoms with van der Waals surface area (Å²) >= 11 is 1.38. The van der Waals surface area contributed by atoms with Gasteiger partial charge in [0.05, 0.1) is 11.0 Å². The minimum atomic E-state index is -1.14. The zero-order valence-corrected chi connectivity index (χ0v) is 12.4. The zero-order chi connectivity index (χ0) is 11.0. The average Bonchev–Trinajstić information content (AvgIpc) is 2.52. The van der Waals surface area contributed by atoms with Crippen LogP contribution in [-0.2, 0) is 13.0 Å². The van der Waals surface area contributed by atoms with E-state index >= 15 is 0 Å². The Morgan fingerprint density at radius 1 is 1.62 bits per heavy atom. The number of carboxylic acids is 1. The molecule has 16 heavy (non-hydrogen) atoms. The minimum Gasteiger partial charge on any atom is -0.545 e. The van der Waals surface area contributed by atoms with Gasteiger partial charge in [0.15, 0.2) is 0 Å². The molecule has 0 saturated carbocycles. The molecule has 2 rings (SSSR count). The van der Waals surface area contributed by atoms with Crippen LogP contribution in [0.5, 0.6) is 0 Å². The van der Waals surface area contributed by atoms with Crippen LogP contribution in [0.1, 0.15) is 27.7 Å². The number of carbonyl (C=O) groups is 1. The molecular formula is C10H13N2NaO2S. The molecule has 6 heteroatoms. The molecule has 0 radical (unpaired) electrons. The van der Waals surface area contributed by atoms with Gasteiger partial charge in [0.1, 0.15) is 0 Å². The molecule has 0 unspecified atom stereocenters. The molecule has 0 atom stereocenters. The molecule has 1 aliphatic heterocycles. The van der Waals surface area contributed by atoms with Crippen LogP contribution in [0.3, 0.4) is 0 Å². The fourth-order valence-electron chi connectivity index (χ4n) is 1.97. The molecule has 2 N–H and O–H groups in total. The molecule has 82 valence electrons. The summed E-state index contributed by atoms with van der Waals surface area (Å²) in [5.41, 5.74) is 6.81. The van der Waals surface area contributed by atoms with Gasteiger partial charge in [-0.1, -0.05) is 6.92 Å². The summed E-state index contributed by atoms with van der Waals surface area (Å²) in [5, 5.41) is 11.3. The number of nitrogens with zero attached hydrogens (tertiary/aromatic N) is 1. The van der Waals surface area contributed by atoms with Crippen molar-refractivity contribution in [2.45, 2.75) is 19.9 Å². The fraction of sp³-hybridized carbons (Fsp3) is 0.500. The molecule has 1 aliphatic rings. The van der Waals surface area contributed by atoms with E-state index in [2.05, 4.69) is 11.8 Å². The standard InChI is InChI=1S/C10H14N2O2S.Na/c1-2-12-4-3-6-7(5-12)15-9(11)8(6)10(13)14;/h2-5,11H2,1H3,(H,13,14);/q;+1/p-1. The largest absolute Gasteiger partial charge is 1.00 e. The van der Waals surface area contributed by atoms with Gasteiger partial charge < -0.3 is 15.6 Å². The van der Waals surface area contributed by atoms with Crippen molar-refractivity contribution in [3.63, 3.8) is 0 Å². The van der Waals surface area contributed by atoms with Crippen LogP contribution in [-0.4, -0.2) is 24.0 Å². The quantitative estimate of drug-likeness (QED) is 0.569. The third-order valence-electron chi connectivity index (χ3n) is 2.81. The maximum atomic E-state index is 10.9. The van der Waals surface area contributed by atoms with E-state index < -0.39 is 5.97 Å². The van der Waals surface area contributed by atoms with Crippen molar-refractivity contribution < 1.29 is 39.5 Å². The van der Waals surface area contributed by atoms with Crippen LogP contribution in [0.4, 0.5) is 5.00 Å². The Bertz CT molecular complexity index is 406. The van der Waals surface area contributed by atoms with Crippen molar-refractivity contribution in [2.24, 2.45) is 0 Å². The molecule has 1 aromatic heterocycles. The number of nitrogens with two attached hydrogens (primary N) is 1. The first kappa shape index (κ1) is 14.0. The number of anilines is 1. The van der Waals surface area contributed by atoms with Crippen molar-refractivity contribution in [3.05, 3.63) is 16.0 Å². The van der Waals surface area contributed by atoms with Gasteiger partial charge in [0, 0.05) is 23.5 Å². The van der Waals surface area contributed by atoms with Crippen LogP contribution >= 0.6 is 11.3 Å². The van der Waals surface area contributed by atoms with Crippen LogP contribution in [0, 0.1) is 0 Å². The van der Waals surface area contributed by atoms with Crippen molar-refractivity contribution in [1.82, 2.24) is 4.90 Å². The van der Waals surface area contributed by atoms with Gasteiger partial charge in [-0.05, 0) is 18.5 Å². The molecule has 0 bridgehead atoms. The predicted octanol–water partition coefficient (Wildman–Crippen LogP) is -2.92. The van der Waals surface area contributed by atoms with Gasteiger partial charge in [-0.15, -0.1) is 11.3 Å². The van der Waals surface area contributed by atoms with E-state index in [9.17, 15) is 9.90 Å². The summed E-state index contributed by atoms with van der Waals surface area (Å²) in [6.45, 7) is 4.80. The van der Waals surface area contributed by atoms with Crippen LogP contribution in [0.15, 0.2) is 0 Å². The topological polar surface area (TPSA) is 69.4 Å². The van der Waals surface area contributed by atoms with Gasteiger partial charge in [0.25, 0.3) is 0 Å². The fourth-order valence-corrected chi connectivity index (χ4v) is 3.12.